The van der Waals surface area contributed by atoms with Gasteiger partial charge in [0, 0.05) is 6.61 Å². The van der Waals surface area contributed by atoms with Crippen molar-refractivity contribution in [3.8, 4) is 0 Å². The van der Waals surface area contributed by atoms with Gasteiger partial charge in [0.15, 0.2) is 0 Å². The minimum absolute atomic E-state index is 0.272. The van der Waals surface area contributed by atoms with Crippen LogP contribution in [0.25, 0.3) is 0 Å². The Morgan fingerprint density at radius 3 is 1.62 bits per heavy atom. The van der Waals surface area contributed by atoms with E-state index in [4.69, 9.17) is 5.11 Å². The number of hydrogen-bond donors (Lipinski definition) is 2. The Morgan fingerprint density at radius 1 is 0.762 bits per heavy atom. The van der Waals surface area contributed by atoms with E-state index >= 15 is 0 Å². The number of unbranched alkanes of at least 4 members (excludes halogenated alkanes) is 9. The standard InChI is InChI=1S/C16H34O4S/c1-2-3-4-10-13-16(21(18,19)20)14-11-8-6-5-7-9-12-15-17/h16-17H,2-15H2,1H3,(H,18,19,20). The highest BCUT2D eigenvalue weighted by Gasteiger charge is 2.21. The minimum Gasteiger partial charge on any atom is -0.396 e. The normalized spacial score (nSPS) is 13.5. The molecule has 0 saturated carbocycles. The first-order valence-corrected chi connectivity index (χ1v) is 10.1. The lowest BCUT2D eigenvalue weighted by atomic mass is 10.0. The SMILES string of the molecule is CCCCCCC(CCCCCCCCCO)S(=O)(=O)O. The van der Waals surface area contributed by atoms with E-state index in [-0.39, 0.29) is 6.61 Å². The molecule has 21 heavy (non-hydrogen) atoms. The predicted molar refractivity (Wildman–Crippen MR) is 88.1 cm³/mol. The Bertz CT molecular complexity index is 314. The van der Waals surface area contributed by atoms with Gasteiger partial charge in [0.25, 0.3) is 10.1 Å². The molecule has 0 amide bonds. The van der Waals surface area contributed by atoms with Crippen molar-refractivity contribution in [3.63, 3.8) is 0 Å². The molecule has 0 aliphatic heterocycles. The van der Waals surface area contributed by atoms with E-state index in [0.29, 0.717) is 12.8 Å². The monoisotopic (exact) mass is 322 g/mol. The third-order valence-corrected chi connectivity index (χ3v) is 5.30. The fourth-order valence-electron chi connectivity index (χ4n) is 2.61. The molecule has 0 aliphatic rings. The van der Waals surface area contributed by atoms with Crippen molar-refractivity contribution in [1.82, 2.24) is 0 Å². The number of aliphatic hydroxyl groups is 1. The van der Waals surface area contributed by atoms with Crippen LogP contribution >= 0.6 is 0 Å². The second kappa shape index (κ2) is 13.5. The maximum absolute atomic E-state index is 11.4. The molecule has 5 heteroatoms. The van der Waals surface area contributed by atoms with Gasteiger partial charge < -0.3 is 5.11 Å². The zero-order valence-corrected chi connectivity index (χ0v) is 14.4. The molecule has 4 nitrogen and oxygen atoms in total. The van der Waals surface area contributed by atoms with E-state index < -0.39 is 15.4 Å². The zero-order chi connectivity index (χ0) is 16.0. The molecule has 1 atom stereocenters. The quantitative estimate of drug-likeness (QED) is 0.348. The second-order valence-corrected chi connectivity index (χ2v) is 7.67. The summed E-state index contributed by atoms with van der Waals surface area (Å²) in [4.78, 5) is 0. The lowest BCUT2D eigenvalue weighted by Crippen LogP contribution is -2.20. The van der Waals surface area contributed by atoms with E-state index in [0.717, 1.165) is 70.6 Å². The molecule has 0 aromatic carbocycles. The molecule has 0 aromatic heterocycles. The first-order valence-electron chi connectivity index (χ1n) is 8.59. The van der Waals surface area contributed by atoms with Crippen LogP contribution in [0.1, 0.15) is 90.4 Å². The summed E-state index contributed by atoms with van der Waals surface area (Å²) in [5.74, 6) is 0. The molecule has 2 N–H and O–H groups in total. The van der Waals surface area contributed by atoms with Crippen LogP contribution in [0, 0.1) is 0 Å². The van der Waals surface area contributed by atoms with Crippen LogP contribution in [0.15, 0.2) is 0 Å². The molecule has 0 spiro atoms. The molecular weight excluding hydrogens is 288 g/mol. The highest BCUT2D eigenvalue weighted by atomic mass is 32.2. The Hall–Kier alpha value is -0.130. The largest absolute Gasteiger partial charge is 0.396 e. The van der Waals surface area contributed by atoms with Crippen LogP contribution in [0.3, 0.4) is 0 Å². The topological polar surface area (TPSA) is 74.6 Å². The minimum atomic E-state index is -3.88. The zero-order valence-electron chi connectivity index (χ0n) is 13.6. The van der Waals surface area contributed by atoms with Crippen LogP contribution in [0.4, 0.5) is 0 Å². The Labute approximate surface area is 131 Å². The van der Waals surface area contributed by atoms with Crippen LogP contribution in [-0.2, 0) is 10.1 Å². The Balaban J connectivity index is 3.72. The molecule has 1 unspecified atom stereocenters. The molecule has 0 fully saturated rings. The van der Waals surface area contributed by atoms with E-state index in [2.05, 4.69) is 6.92 Å². The number of rotatable bonds is 15. The van der Waals surface area contributed by atoms with E-state index in [1.807, 2.05) is 0 Å². The molecule has 0 aliphatic carbocycles. The molecular formula is C16H34O4S. The third kappa shape index (κ3) is 13.3. The van der Waals surface area contributed by atoms with Crippen LogP contribution < -0.4 is 0 Å². The van der Waals surface area contributed by atoms with Gasteiger partial charge in [-0.25, -0.2) is 0 Å². The van der Waals surface area contributed by atoms with E-state index in [1.165, 1.54) is 0 Å². The molecule has 0 bridgehead atoms. The van der Waals surface area contributed by atoms with Crippen molar-refractivity contribution in [3.05, 3.63) is 0 Å². The summed E-state index contributed by atoms with van der Waals surface area (Å²) >= 11 is 0. The van der Waals surface area contributed by atoms with Gasteiger partial charge >= 0.3 is 0 Å². The lowest BCUT2D eigenvalue weighted by Gasteiger charge is -2.13. The van der Waals surface area contributed by atoms with Gasteiger partial charge in [0.05, 0.1) is 5.25 Å². The summed E-state index contributed by atoms with van der Waals surface area (Å²) in [6.45, 7) is 2.40. The molecule has 0 aromatic rings. The molecule has 0 saturated heterocycles. The van der Waals surface area contributed by atoms with Gasteiger partial charge in [0.1, 0.15) is 0 Å². The van der Waals surface area contributed by atoms with Crippen LogP contribution in [-0.4, -0.2) is 29.9 Å². The van der Waals surface area contributed by atoms with Crippen molar-refractivity contribution in [2.24, 2.45) is 0 Å². The molecule has 0 heterocycles. The van der Waals surface area contributed by atoms with E-state index in [1.54, 1.807) is 0 Å². The van der Waals surface area contributed by atoms with Crippen molar-refractivity contribution in [2.75, 3.05) is 6.61 Å². The van der Waals surface area contributed by atoms with Crippen LogP contribution in [0.2, 0.25) is 0 Å². The smallest absolute Gasteiger partial charge is 0.267 e. The average Bonchev–Trinajstić information content (AvgIpc) is 2.42. The van der Waals surface area contributed by atoms with E-state index in [9.17, 15) is 13.0 Å². The fourth-order valence-corrected chi connectivity index (χ4v) is 3.54. The Morgan fingerprint density at radius 2 is 1.19 bits per heavy atom. The molecule has 0 rings (SSSR count). The molecule has 0 radical (unpaired) electrons. The highest BCUT2D eigenvalue weighted by molar-refractivity contribution is 7.86. The summed E-state index contributed by atoms with van der Waals surface area (Å²) in [5, 5.41) is 8.10. The highest BCUT2D eigenvalue weighted by Crippen LogP contribution is 2.18. The average molecular weight is 323 g/mol. The second-order valence-electron chi connectivity index (χ2n) is 5.97. The van der Waals surface area contributed by atoms with Gasteiger partial charge in [-0.3, -0.25) is 4.55 Å². The maximum atomic E-state index is 11.4. The number of aliphatic hydroxyl groups excluding tert-OH is 1. The van der Waals surface area contributed by atoms with Gasteiger partial charge in [-0.2, -0.15) is 8.42 Å². The molecule has 128 valence electrons. The first kappa shape index (κ1) is 20.9. The summed E-state index contributed by atoms with van der Waals surface area (Å²) in [5.41, 5.74) is 0. The Kier molecular flexibility index (Phi) is 13.4. The fraction of sp³-hybridized carbons (Fsp3) is 1.00. The van der Waals surface area contributed by atoms with Crippen LogP contribution in [0.5, 0.6) is 0 Å². The third-order valence-electron chi connectivity index (χ3n) is 3.99. The summed E-state index contributed by atoms with van der Waals surface area (Å²) in [6.07, 6.45) is 12.6. The van der Waals surface area contributed by atoms with Gasteiger partial charge in [-0.15, -0.1) is 0 Å². The lowest BCUT2D eigenvalue weighted by molar-refractivity contribution is 0.282. The predicted octanol–water partition coefficient (Wildman–Crippen LogP) is 4.33. The van der Waals surface area contributed by atoms with Crippen molar-refractivity contribution < 1.29 is 18.1 Å². The van der Waals surface area contributed by atoms with Gasteiger partial charge in [-0.05, 0) is 19.3 Å². The van der Waals surface area contributed by atoms with Gasteiger partial charge in [-0.1, -0.05) is 71.1 Å². The van der Waals surface area contributed by atoms with Crippen molar-refractivity contribution in [1.29, 1.82) is 0 Å². The van der Waals surface area contributed by atoms with Crippen molar-refractivity contribution >= 4 is 10.1 Å². The summed E-state index contributed by atoms with van der Waals surface area (Å²) in [7, 11) is -3.88. The van der Waals surface area contributed by atoms with Crippen molar-refractivity contribution in [2.45, 2.75) is 95.6 Å². The first-order chi connectivity index (χ1) is 10.0. The summed E-state index contributed by atoms with van der Waals surface area (Å²) < 4.78 is 32.0. The summed E-state index contributed by atoms with van der Waals surface area (Å²) in [6, 6.07) is 0. The maximum Gasteiger partial charge on any atom is 0.267 e. The number of hydrogen-bond acceptors (Lipinski definition) is 3. The van der Waals surface area contributed by atoms with Gasteiger partial charge in [0.2, 0.25) is 0 Å².